The normalized spacial score (nSPS) is 11.2. The van der Waals surface area contributed by atoms with Gasteiger partial charge in [0.25, 0.3) is 0 Å². The van der Waals surface area contributed by atoms with Gasteiger partial charge >= 0.3 is 6.03 Å². The maximum absolute atomic E-state index is 11.1. The minimum absolute atomic E-state index is 0.0822. The maximum Gasteiger partial charge on any atom is 0.316 e. The molecule has 2 amide bonds. The van der Waals surface area contributed by atoms with Crippen molar-refractivity contribution in [3.05, 3.63) is 21.1 Å². The zero-order chi connectivity index (χ0) is 12.5. The third-order valence-corrected chi connectivity index (χ3v) is 3.74. The number of primary sulfonamides is 1. The second kappa shape index (κ2) is 4.70. The van der Waals surface area contributed by atoms with E-state index in [1.165, 1.54) is 12.1 Å². The van der Waals surface area contributed by atoms with Gasteiger partial charge in [0.2, 0.25) is 10.0 Å². The molecule has 1 aromatic rings. The molecular formula is C7H7Br2N3O3S. The summed E-state index contributed by atoms with van der Waals surface area (Å²) in [4.78, 5) is 10.6. The molecule has 0 heterocycles. The van der Waals surface area contributed by atoms with E-state index in [-0.39, 0.29) is 4.90 Å². The number of hydrogen-bond acceptors (Lipinski definition) is 3. The number of anilines is 1. The molecule has 88 valence electrons. The lowest BCUT2D eigenvalue weighted by atomic mass is 10.3. The summed E-state index contributed by atoms with van der Waals surface area (Å²) >= 11 is 6.20. The molecule has 0 aliphatic carbocycles. The van der Waals surface area contributed by atoms with Gasteiger partial charge in [0, 0.05) is 8.95 Å². The molecule has 0 saturated heterocycles. The van der Waals surface area contributed by atoms with E-state index in [1.807, 2.05) is 0 Å². The van der Waals surface area contributed by atoms with E-state index < -0.39 is 16.1 Å². The fourth-order valence-electron chi connectivity index (χ4n) is 0.957. The van der Waals surface area contributed by atoms with Gasteiger partial charge in [0.05, 0.1) is 10.6 Å². The number of urea groups is 1. The van der Waals surface area contributed by atoms with Crippen LogP contribution in [0.5, 0.6) is 0 Å². The minimum atomic E-state index is -3.80. The van der Waals surface area contributed by atoms with Gasteiger partial charge in [-0.25, -0.2) is 18.4 Å². The van der Waals surface area contributed by atoms with E-state index in [0.717, 1.165) is 0 Å². The number of nitrogens with two attached hydrogens (primary N) is 2. The summed E-state index contributed by atoms with van der Waals surface area (Å²) < 4.78 is 22.9. The van der Waals surface area contributed by atoms with Crippen LogP contribution in [-0.4, -0.2) is 14.4 Å². The number of nitrogens with one attached hydrogen (secondary N) is 1. The Kier molecular flexibility index (Phi) is 3.94. The van der Waals surface area contributed by atoms with Crippen molar-refractivity contribution < 1.29 is 13.2 Å². The molecule has 0 radical (unpaired) electrons. The molecule has 0 atom stereocenters. The first-order chi connectivity index (χ1) is 7.21. The highest BCUT2D eigenvalue weighted by atomic mass is 79.9. The molecule has 16 heavy (non-hydrogen) atoms. The molecule has 1 rings (SSSR count). The van der Waals surface area contributed by atoms with Crippen molar-refractivity contribution >= 4 is 53.6 Å². The van der Waals surface area contributed by atoms with E-state index in [9.17, 15) is 13.2 Å². The van der Waals surface area contributed by atoms with Crippen molar-refractivity contribution in [1.82, 2.24) is 0 Å². The van der Waals surface area contributed by atoms with Crippen molar-refractivity contribution in [2.75, 3.05) is 5.32 Å². The highest BCUT2D eigenvalue weighted by Crippen LogP contribution is 2.33. The van der Waals surface area contributed by atoms with Crippen LogP contribution < -0.4 is 16.2 Å². The number of benzene rings is 1. The number of halogens is 2. The largest absolute Gasteiger partial charge is 0.351 e. The molecule has 0 unspecified atom stereocenters. The van der Waals surface area contributed by atoms with Gasteiger partial charge in [-0.3, -0.25) is 0 Å². The van der Waals surface area contributed by atoms with Crippen LogP contribution in [0.25, 0.3) is 0 Å². The number of carbonyl (C=O) groups is 1. The molecule has 0 aromatic heterocycles. The smallest absolute Gasteiger partial charge is 0.316 e. The summed E-state index contributed by atoms with van der Waals surface area (Å²) in [5.74, 6) is 0. The number of amides is 2. The molecule has 0 fully saturated rings. The number of sulfonamides is 1. The first-order valence-corrected chi connectivity index (χ1v) is 6.93. The second-order valence-electron chi connectivity index (χ2n) is 2.80. The van der Waals surface area contributed by atoms with Crippen LogP contribution in [0.3, 0.4) is 0 Å². The fraction of sp³-hybridized carbons (Fsp3) is 0. The predicted octanol–water partition coefficient (Wildman–Crippen LogP) is 1.35. The fourth-order valence-corrected chi connectivity index (χ4v) is 3.21. The maximum atomic E-state index is 11.1. The average molecular weight is 373 g/mol. The third-order valence-electron chi connectivity index (χ3n) is 1.59. The Morgan fingerprint density at radius 2 is 1.69 bits per heavy atom. The molecule has 0 bridgehead atoms. The lowest BCUT2D eigenvalue weighted by Gasteiger charge is -2.09. The number of carbonyl (C=O) groups excluding carboxylic acids is 1. The van der Waals surface area contributed by atoms with Crippen LogP contribution in [0, 0.1) is 0 Å². The minimum Gasteiger partial charge on any atom is -0.351 e. The Morgan fingerprint density at radius 3 is 2.00 bits per heavy atom. The lowest BCUT2D eigenvalue weighted by Crippen LogP contribution is -2.20. The molecule has 5 N–H and O–H groups in total. The molecule has 0 saturated carbocycles. The van der Waals surface area contributed by atoms with Crippen LogP contribution in [0.1, 0.15) is 0 Å². The first kappa shape index (κ1) is 13.4. The summed E-state index contributed by atoms with van der Waals surface area (Å²) in [5.41, 5.74) is 5.28. The number of rotatable bonds is 2. The highest BCUT2D eigenvalue weighted by molar-refractivity contribution is 9.11. The highest BCUT2D eigenvalue weighted by Gasteiger charge is 2.14. The summed E-state index contributed by atoms with van der Waals surface area (Å²) in [6, 6.07) is 1.78. The topological polar surface area (TPSA) is 115 Å². The van der Waals surface area contributed by atoms with Crippen molar-refractivity contribution in [3.63, 3.8) is 0 Å². The molecular weight excluding hydrogens is 366 g/mol. The quantitative estimate of drug-likeness (QED) is 0.727. The van der Waals surface area contributed by atoms with E-state index >= 15 is 0 Å². The lowest BCUT2D eigenvalue weighted by molar-refractivity contribution is 0.259. The molecule has 9 heteroatoms. The second-order valence-corrected chi connectivity index (χ2v) is 6.07. The Hall–Kier alpha value is -0.640. The van der Waals surface area contributed by atoms with Gasteiger partial charge in [-0.1, -0.05) is 0 Å². The van der Waals surface area contributed by atoms with Crippen molar-refractivity contribution in [2.45, 2.75) is 4.90 Å². The number of hydrogen-bond donors (Lipinski definition) is 3. The van der Waals surface area contributed by atoms with Gasteiger partial charge in [-0.15, -0.1) is 0 Å². The van der Waals surface area contributed by atoms with Crippen LogP contribution in [0.15, 0.2) is 26.0 Å². The predicted molar refractivity (Wildman–Crippen MR) is 66.4 cm³/mol. The molecule has 6 nitrogen and oxygen atoms in total. The van der Waals surface area contributed by atoms with Crippen LogP contribution in [-0.2, 0) is 10.0 Å². The summed E-state index contributed by atoms with van der Waals surface area (Å²) in [6.07, 6.45) is 0. The number of primary amides is 1. The molecule has 0 aliphatic heterocycles. The Morgan fingerprint density at radius 1 is 1.25 bits per heavy atom. The van der Waals surface area contributed by atoms with E-state index in [2.05, 4.69) is 37.2 Å². The van der Waals surface area contributed by atoms with E-state index in [4.69, 9.17) is 10.9 Å². The zero-order valence-corrected chi connectivity index (χ0v) is 11.7. The summed E-state index contributed by atoms with van der Waals surface area (Å²) in [6.45, 7) is 0. The van der Waals surface area contributed by atoms with Gasteiger partial charge in [0.15, 0.2) is 0 Å². The summed E-state index contributed by atoms with van der Waals surface area (Å²) in [7, 11) is -3.80. The monoisotopic (exact) mass is 371 g/mol. The van der Waals surface area contributed by atoms with E-state index in [0.29, 0.717) is 14.6 Å². The average Bonchev–Trinajstić information content (AvgIpc) is 2.09. The Balaban J connectivity index is 3.34. The van der Waals surface area contributed by atoms with Crippen LogP contribution in [0.4, 0.5) is 10.5 Å². The third kappa shape index (κ3) is 3.17. The molecule has 1 aromatic carbocycles. The first-order valence-electron chi connectivity index (χ1n) is 3.80. The van der Waals surface area contributed by atoms with Gasteiger partial charge in [-0.05, 0) is 44.0 Å². The van der Waals surface area contributed by atoms with Gasteiger partial charge in [0.1, 0.15) is 0 Å². The molecule has 0 spiro atoms. The SMILES string of the molecule is NC(=O)Nc1c(Br)cc(S(N)(=O)=O)cc1Br. The standard InChI is InChI=1S/C7H7Br2N3O3S/c8-4-1-3(16(11,14)15)2-5(9)6(4)12-7(10)13/h1-2H,(H3,10,12,13)(H2,11,14,15). The zero-order valence-electron chi connectivity index (χ0n) is 7.70. The Labute approximate surface area is 109 Å². The van der Waals surface area contributed by atoms with Crippen molar-refractivity contribution in [3.8, 4) is 0 Å². The van der Waals surface area contributed by atoms with Crippen LogP contribution in [0.2, 0.25) is 0 Å². The summed E-state index contributed by atoms with van der Waals surface area (Å²) in [5, 5.41) is 7.29. The molecule has 0 aliphatic rings. The van der Waals surface area contributed by atoms with E-state index in [1.54, 1.807) is 0 Å². The Bertz CT molecular complexity index is 521. The van der Waals surface area contributed by atoms with Crippen LogP contribution >= 0.6 is 31.9 Å². The van der Waals surface area contributed by atoms with Gasteiger partial charge < -0.3 is 11.1 Å². The van der Waals surface area contributed by atoms with Crippen molar-refractivity contribution in [1.29, 1.82) is 0 Å². The van der Waals surface area contributed by atoms with Crippen molar-refractivity contribution in [2.24, 2.45) is 10.9 Å². The van der Waals surface area contributed by atoms with Gasteiger partial charge in [-0.2, -0.15) is 0 Å².